The molecule has 4 nitrogen and oxygen atoms in total. The van der Waals surface area contributed by atoms with Gasteiger partial charge in [-0.15, -0.1) is 0 Å². The van der Waals surface area contributed by atoms with Crippen molar-refractivity contribution in [2.24, 2.45) is 0 Å². The van der Waals surface area contributed by atoms with E-state index in [1.54, 1.807) is 24.0 Å². The van der Waals surface area contributed by atoms with Gasteiger partial charge in [0.1, 0.15) is 5.82 Å². The Morgan fingerprint density at radius 3 is 2.80 bits per heavy atom. The Morgan fingerprint density at radius 2 is 2.20 bits per heavy atom. The van der Waals surface area contributed by atoms with Crippen LogP contribution in [0.2, 0.25) is 5.02 Å². The van der Waals surface area contributed by atoms with Crippen molar-refractivity contribution in [2.75, 3.05) is 25.0 Å². The van der Waals surface area contributed by atoms with Crippen LogP contribution < -0.4 is 5.32 Å². The molecule has 6 heteroatoms. The van der Waals surface area contributed by atoms with Gasteiger partial charge in [-0.2, -0.15) is 0 Å². The Hall–Kier alpha value is -1.49. The summed E-state index contributed by atoms with van der Waals surface area (Å²) in [5.41, 5.74) is 0.448. The number of halogens is 2. The standard InChI is InChI=1S/C14H18ClFN2O2/c1-2-20-14(19)18-7-5-11(6-8-18)17-13-4-3-10(15)9-12(13)16/h3-4,9,11,17H,2,5-8H2,1H3. The fraction of sp³-hybridized carbons (Fsp3) is 0.500. The minimum Gasteiger partial charge on any atom is -0.450 e. The lowest BCUT2D eigenvalue weighted by Crippen LogP contribution is -2.42. The number of nitrogens with one attached hydrogen (secondary N) is 1. The van der Waals surface area contributed by atoms with Crippen molar-refractivity contribution in [3.8, 4) is 0 Å². The molecule has 1 aliphatic rings. The molecule has 0 unspecified atom stereocenters. The number of hydrogen-bond donors (Lipinski definition) is 1. The third-order valence-corrected chi connectivity index (χ3v) is 3.55. The zero-order valence-corrected chi connectivity index (χ0v) is 12.1. The van der Waals surface area contributed by atoms with Gasteiger partial charge < -0.3 is 15.0 Å². The number of amides is 1. The maximum Gasteiger partial charge on any atom is 0.409 e. The predicted molar refractivity (Wildman–Crippen MR) is 76.6 cm³/mol. The Bertz CT molecular complexity index is 476. The third-order valence-electron chi connectivity index (χ3n) is 3.31. The van der Waals surface area contributed by atoms with Crippen molar-refractivity contribution in [2.45, 2.75) is 25.8 Å². The highest BCUT2D eigenvalue weighted by atomic mass is 35.5. The van der Waals surface area contributed by atoms with Gasteiger partial charge in [0, 0.05) is 24.2 Å². The lowest BCUT2D eigenvalue weighted by atomic mass is 10.0. The number of rotatable bonds is 3. The van der Waals surface area contributed by atoms with E-state index in [9.17, 15) is 9.18 Å². The molecule has 1 aromatic carbocycles. The molecule has 0 radical (unpaired) electrons. The molecule has 2 rings (SSSR count). The van der Waals surface area contributed by atoms with E-state index in [2.05, 4.69) is 5.32 Å². The van der Waals surface area contributed by atoms with Crippen LogP contribution in [0.25, 0.3) is 0 Å². The molecular weight excluding hydrogens is 283 g/mol. The quantitative estimate of drug-likeness (QED) is 0.929. The Labute approximate surface area is 122 Å². The second-order valence-electron chi connectivity index (χ2n) is 4.73. The summed E-state index contributed by atoms with van der Waals surface area (Å²) in [7, 11) is 0. The van der Waals surface area contributed by atoms with E-state index >= 15 is 0 Å². The van der Waals surface area contributed by atoms with Crippen LogP contribution in [0.1, 0.15) is 19.8 Å². The van der Waals surface area contributed by atoms with E-state index < -0.39 is 0 Å². The molecule has 110 valence electrons. The summed E-state index contributed by atoms with van der Waals surface area (Å²) in [6.45, 7) is 3.40. The summed E-state index contributed by atoms with van der Waals surface area (Å²) >= 11 is 5.72. The number of piperidine rings is 1. The molecule has 0 bridgehead atoms. The molecule has 0 aromatic heterocycles. The summed E-state index contributed by atoms with van der Waals surface area (Å²) in [5, 5.41) is 3.54. The van der Waals surface area contributed by atoms with Gasteiger partial charge in [0.25, 0.3) is 0 Å². The Balaban J connectivity index is 1.86. The summed E-state index contributed by atoms with van der Waals surface area (Å²) in [6, 6.07) is 4.73. The van der Waals surface area contributed by atoms with Crippen LogP contribution in [0, 0.1) is 5.82 Å². The highest BCUT2D eigenvalue weighted by Gasteiger charge is 2.23. The van der Waals surface area contributed by atoms with Gasteiger partial charge in [-0.1, -0.05) is 11.6 Å². The maximum absolute atomic E-state index is 13.7. The van der Waals surface area contributed by atoms with Crippen LogP contribution >= 0.6 is 11.6 Å². The van der Waals surface area contributed by atoms with E-state index in [-0.39, 0.29) is 18.0 Å². The molecule has 1 aliphatic heterocycles. The average Bonchev–Trinajstić information content (AvgIpc) is 2.43. The number of likely N-dealkylation sites (tertiary alicyclic amines) is 1. The fourth-order valence-electron chi connectivity index (χ4n) is 2.25. The first-order chi connectivity index (χ1) is 9.60. The number of anilines is 1. The van der Waals surface area contributed by atoms with E-state index in [4.69, 9.17) is 16.3 Å². The van der Waals surface area contributed by atoms with Gasteiger partial charge in [-0.3, -0.25) is 0 Å². The Kier molecular flexibility index (Phi) is 5.06. The average molecular weight is 301 g/mol. The van der Waals surface area contributed by atoms with Gasteiger partial charge in [0.05, 0.1) is 12.3 Å². The molecule has 0 spiro atoms. The fourth-order valence-corrected chi connectivity index (χ4v) is 2.41. The minimum absolute atomic E-state index is 0.149. The summed E-state index contributed by atoms with van der Waals surface area (Å²) in [4.78, 5) is 13.2. The van der Waals surface area contributed by atoms with E-state index in [0.717, 1.165) is 12.8 Å². The Morgan fingerprint density at radius 1 is 1.50 bits per heavy atom. The van der Waals surface area contributed by atoms with E-state index in [1.807, 2.05) is 0 Å². The SMILES string of the molecule is CCOC(=O)N1CCC(Nc2ccc(Cl)cc2F)CC1. The number of carbonyl (C=O) groups is 1. The monoisotopic (exact) mass is 300 g/mol. The highest BCUT2D eigenvalue weighted by molar-refractivity contribution is 6.30. The summed E-state index contributed by atoms with van der Waals surface area (Å²) in [5.74, 6) is -0.356. The highest BCUT2D eigenvalue weighted by Crippen LogP contribution is 2.22. The topological polar surface area (TPSA) is 41.6 Å². The summed E-state index contributed by atoms with van der Waals surface area (Å²) < 4.78 is 18.6. The van der Waals surface area contributed by atoms with E-state index in [1.165, 1.54) is 6.07 Å². The lowest BCUT2D eigenvalue weighted by molar-refractivity contribution is 0.0983. The van der Waals surface area contributed by atoms with Crippen LogP contribution in [0.5, 0.6) is 0 Å². The molecule has 0 atom stereocenters. The largest absolute Gasteiger partial charge is 0.450 e. The smallest absolute Gasteiger partial charge is 0.409 e. The molecule has 1 aromatic rings. The first kappa shape index (κ1) is 14.9. The second-order valence-corrected chi connectivity index (χ2v) is 5.17. The molecule has 1 N–H and O–H groups in total. The van der Waals surface area contributed by atoms with Gasteiger partial charge in [0.15, 0.2) is 0 Å². The van der Waals surface area contributed by atoms with E-state index in [0.29, 0.717) is 30.4 Å². The van der Waals surface area contributed by atoms with Crippen molar-refractivity contribution in [1.29, 1.82) is 0 Å². The molecular formula is C14H18ClFN2O2. The molecule has 1 saturated heterocycles. The number of hydrogen-bond acceptors (Lipinski definition) is 3. The van der Waals surface area contributed by atoms with Gasteiger partial charge in [0.2, 0.25) is 0 Å². The van der Waals surface area contributed by atoms with Gasteiger partial charge in [-0.25, -0.2) is 9.18 Å². The number of nitrogens with zero attached hydrogens (tertiary/aromatic N) is 1. The molecule has 1 fully saturated rings. The zero-order chi connectivity index (χ0) is 14.5. The van der Waals surface area contributed by atoms with Gasteiger partial charge in [-0.05, 0) is 38.0 Å². The van der Waals surface area contributed by atoms with Crippen LogP contribution in [0.4, 0.5) is 14.9 Å². The molecule has 20 heavy (non-hydrogen) atoms. The van der Waals surface area contributed by atoms with Crippen LogP contribution in [-0.2, 0) is 4.74 Å². The maximum atomic E-state index is 13.7. The first-order valence-electron chi connectivity index (χ1n) is 6.73. The van der Waals surface area contributed by atoms with Crippen LogP contribution in [0.15, 0.2) is 18.2 Å². The molecule has 0 aliphatic carbocycles. The first-order valence-corrected chi connectivity index (χ1v) is 7.11. The van der Waals surface area contributed by atoms with Crippen LogP contribution in [-0.4, -0.2) is 36.7 Å². The second kappa shape index (κ2) is 6.79. The molecule has 1 heterocycles. The molecule has 1 amide bonds. The van der Waals surface area contributed by atoms with Crippen molar-refractivity contribution < 1.29 is 13.9 Å². The predicted octanol–water partition coefficient (Wildman–Crippen LogP) is 3.51. The molecule has 0 saturated carbocycles. The van der Waals surface area contributed by atoms with Crippen molar-refractivity contribution in [3.05, 3.63) is 29.0 Å². The number of carbonyl (C=O) groups excluding carboxylic acids is 1. The van der Waals surface area contributed by atoms with Gasteiger partial charge >= 0.3 is 6.09 Å². The normalized spacial score (nSPS) is 16.1. The third kappa shape index (κ3) is 3.76. The van der Waals surface area contributed by atoms with Crippen molar-refractivity contribution >= 4 is 23.4 Å². The van der Waals surface area contributed by atoms with Crippen molar-refractivity contribution in [3.63, 3.8) is 0 Å². The number of benzene rings is 1. The van der Waals surface area contributed by atoms with Crippen molar-refractivity contribution in [1.82, 2.24) is 4.90 Å². The minimum atomic E-state index is -0.356. The zero-order valence-electron chi connectivity index (χ0n) is 11.4. The summed E-state index contributed by atoms with van der Waals surface area (Å²) in [6.07, 6.45) is 1.26. The lowest BCUT2D eigenvalue weighted by Gasteiger charge is -2.32. The number of ether oxygens (including phenoxy) is 1. The van der Waals surface area contributed by atoms with Crippen LogP contribution in [0.3, 0.4) is 0 Å².